The van der Waals surface area contributed by atoms with E-state index in [1.807, 2.05) is 65.3 Å². The zero-order valence-electron chi connectivity index (χ0n) is 19.3. The number of para-hydroxylation sites is 1. The summed E-state index contributed by atoms with van der Waals surface area (Å²) in [6, 6.07) is 19.6. The largest absolute Gasteiger partial charge is 0.493 e. The van der Waals surface area contributed by atoms with Crippen molar-refractivity contribution in [2.45, 2.75) is 33.6 Å². The lowest BCUT2D eigenvalue weighted by molar-refractivity contribution is -0.126. The Balaban J connectivity index is 1.62. The smallest absolute Gasteiger partial charge is 0.230 e. The predicted octanol–water partition coefficient (Wildman–Crippen LogP) is 4.43. The van der Waals surface area contributed by atoms with Gasteiger partial charge in [0, 0.05) is 24.6 Å². The number of nitrogens with one attached hydrogen (secondary N) is 2. The van der Waals surface area contributed by atoms with Crippen molar-refractivity contribution in [3.8, 4) is 22.7 Å². The van der Waals surface area contributed by atoms with Crippen LogP contribution in [0.25, 0.3) is 16.9 Å². The Kier molecular flexibility index (Phi) is 6.49. The second-order valence-electron chi connectivity index (χ2n) is 9.57. The quantitative estimate of drug-likeness (QED) is 0.587. The van der Waals surface area contributed by atoms with Gasteiger partial charge in [-0.05, 0) is 36.1 Å². The Bertz CT molecular complexity index is 1120. The van der Waals surface area contributed by atoms with Gasteiger partial charge in [-0.2, -0.15) is 0 Å². The molecule has 1 saturated heterocycles. The summed E-state index contributed by atoms with van der Waals surface area (Å²) >= 11 is 0. The predicted molar refractivity (Wildman–Crippen MR) is 128 cm³/mol. The summed E-state index contributed by atoms with van der Waals surface area (Å²) < 4.78 is 7.82. The first kappa shape index (κ1) is 22.6. The minimum atomic E-state index is -0.262. The molecule has 0 radical (unpaired) electrons. The normalized spacial score (nSPS) is 16.2. The third kappa shape index (κ3) is 5.80. The third-order valence-electron chi connectivity index (χ3n) is 5.40. The number of hydrogen-bond acceptors (Lipinski definition) is 4. The highest BCUT2D eigenvalue weighted by Crippen LogP contribution is 2.30. The number of nitrogens with zero attached hydrogens (tertiary/aromatic N) is 2. The molecule has 172 valence electrons. The Morgan fingerprint density at radius 2 is 1.94 bits per heavy atom. The molecule has 0 aliphatic carbocycles. The van der Waals surface area contributed by atoms with Crippen molar-refractivity contribution < 1.29 is 14.3 Å². The van der Waals surface area contributed by atoms with Crippen molar-refractivity contribution in [2.24, 2.45) is 11.3 Å². The molecule has 0 spiro atoms. The summed E-state index contributed by atoms with van der Waals surface area (Å²) in [5, 5.41) is 10.4. The van der Waals surface area contributed by atoms with Crippen molar-refractivity contribution >= 4 is 17.6 Å². The summed E-state index contributed by atoms with van der Waals surface area (Å²) in [6.45, 7) is 7.35. The lowest BCUT2D eigenvalue weighted by atomic mass is 9.98. The SMILES string of the molecule is CC(C)(C)COc1cccc(-c2cc(NC(=O)C3CCC(=O)NC3)nn2-c2ccccc2)c1. The van der Waals surface area contributed by atoms with E-state index in [1.165, 1.54) is 0 Å². The summed E-state index contributed by atoms with van der Waals surface area (Å²) in [4.78, 5) is 24.2. The van der Waals surface area contributed by atoms with Crippen molar-refractivity contribution in [1.29, 1.82) is 0 Å². The van der Waals surface area contributed by atoms with Crippen molar-refractivity contribution in [3.05, 3.63) is 60.7 Å². The van der Waals surface area contributed by atoms with Crippen LogP contribution in [0.1, 0.15) is 33.6 Å². The molecule has 33 heavy (non-hydrogen) atoms. The van der Waals surface area contributed by atoms with Gasteiger partial charge in [0.15, 0.2) is 5.82 Å². The number of aromatic nitrogens is 2. The summed E-state index contributed by atoms with van der Waals surface area (Å²) in [7, 11) is 0. The molecule has 0 saturated carbocycles. The molecule has 1 aromatic heterocycles. The molecule has 1 aliphatic rings. The van der Waals surface area contributed by atoms with Crippen molar-refractivity contribution in [2.75, 3.05) is 18.5 Å². The molecule has 0 bridgehead atoms. The number of ether oxygens (including phenoxy) is 1. The van der Waals surface area contributed by atoms with Gasteiger partial charge in [0.25, 0.3) is 0 Å². The van der Waals surface area contributed by atoms with Crippen LogP contribution in [0.3, 0.4) is 0 Å². The number of benzene rings is 2. The maximum absolute atomic E-state index is 12.8. The highest BCUT2D eigenvalue weighted by Gasteiger charge is 2.25. The Morgan fingerprint density at radius 3 is 2.64 bits per heavy atom. The van der Waals surface area contributed by atoms with Crippen LogP contribution in [-0.4, -0.2) is 34.7 Å². The van der Waals surface area contributed by atoms with E-state index in [9.17, 15) is 9.59 Å². The molecule has 7 heteroatoms. The van der Waals surface area contributed by atoms with Crippen molar-refractivity contribution in [3.63, 3.8) is 0 Å². The van der Waals surface area contributed by atoms with Gasteiger partial charge in [0.1, 0.15) is 5.75 Å². The molecule has 2 N–H and O–H groups in total. The van der Waals surface area contributed by atoms with Gasteiger partial charge >= 0.3 is 0 Å². The average molecular weight is 447 g/mol. The molecule has 1 aliphatic heterocycles. The molecule has 1 fully saturated rings. The Hall–Kier alpha value is -3.61. The van der Waals surface area contributed by atoms with E-state index in [-0.39, 0.29) is 23.1 Å². The fourth-order valence-corrected chi connectivity index (χ4v) is 3.64. The van der Waals surface area contributed by atoms with Gasteiger partial charge in [0.05, 0.1) is 23.9 Å². The standard InChI is InChI=1S/C26H30N4O3/c1-26(2,3)17-33-21-11-7-8-18(14-21)22-15-23(29-30(22)20-9-5-4-6-10-20)28-25(32)19-12-13-24(31)27-16-19/h4-11,14-15,19H,12-13,16-17H2,1-3H3,(H,27,31)(H,28,29,32). The summed E-state index contributed by atoms with van der Waals surface area (Å²) in [5.74, 6) is 0.843. The van der Waals surface area contributed by atoms with E-state index in [4.69, 9.17) is 4.74 Å². The number of rotatable bonds is 6. The van der Waals surface area contributed by atoms with Gasteiger partial charge in [-0.1, -0.05) is 51.1 Å². The summed E-state index contributed by atoms with van der Waals surface area (Å²) in [6.07, 6.45) is 0.903. The number of carbonyl (C=O) groups is 2. The van der Waals surface area contributed by atoms with Gasteiger partial charge < -0.3 is 15.4 Å². The van der Waals surface area contributed by atoms with Gasteiger partial charge in [0.2, 0.25) is 11.8 Å². The lowest BCUT2D eigenvalue weighted by Gasteiger charge is -2.20. The zero-order chi connectivity index (χ0) is 23.4. The molecule has 4 rings (SSSR count). The van der Waals surface area contributed by atoms with Crippen LogP contribution >= 0.6 is 0 Å². The molecular weight excluding hydrogens is 416 g/mol. The summed E-state index contributed by atoms with van der Waals surface area (Å²) in [5.41, 5.74) is 2.72. The van der Waals surface area contributed by atoms with E-state index >= 15 is 0 Å². The molecule has 2 aromatic carbocycles. The zero-order valence-corrected chi connectivity index (χ0v) is 19.3. The first-order valence-corrected chi connectivity index (χ1v) is 11.2. The lowest BCUT2D eigenvalue weighted by Crippen LogP contribution is -2.40. The number of carbonyl (C=O) groups excluding carboxylic acids is 2. The highest BCUT2D eigenvalue weighted by atomic mass is 16.5. The molecule has 3 aromatic rings. The number of amides is 2. The molecule has 1 atom stereocenters. The van der Waals surface area contributed by atoms with Crippen LogP contribution in [0.4, 0.5) is 5.82 Å². The fraction of sp³-hybridized carbons (Fsp3) is 0.346. The minimum Gasteiger partial charge on any atom is -0.493 e. The van der Waals surface area contributed by atoms with Crippen LogP contribution in [0.15, 0.2) is 60.7 Å². The molecule has 2 heterocycles. The van der Waals surface area contributed by atoms with E-state index < -0.39 is 0 Å². The van der Waals surface area contributed by atoms with Crippen LogP contribution in [0.5, 0.6) is 5.75 Å². The Morgan fingerprint density at radius 1 is 1.15 bits per heavy atom. The average Bonchev–Trinajstić information content (AvgIpc) is 3.22. The fourth-order valence-electron chi connectivity index (χ4n) is 3.64. The van der Waals surface area contributed by atoms with E-state index in [0.717, 1.165) is 22.7 Å². The van der Waals surface area contributed by atoms with Crippen LogP contribution < -0.4 is 15.4 Å². The monoisotopic (exact) mass is 446 g/mol. The minimum absolute atomic E-state index is 0.0109. The first-order valence-electron chi connectivity index (χ1n) is 11.2. The second kappa shape index (κ2) is 9.48. The number of piperidine rings is 1. The molecular formula is C26H30N4O3. The highest BCUT2D eigenvalue weighted by molar-refractivity contribution is 5.93. The van der Waals surface area contributed by atoms with Crippen molar-refractivity contribution in [1.82, 2.24) is 15.1 Å². The maximum atomic E-state index is 12.8. The molecule has 2 amide bonds. The van der Waals surface area contributed by atoms with Crippen LogP contribution in [0.2, 0.25) is 0 Å². The molecule has 1 unspecified atom stereocenters. The molecule has 7 nitrogen and oxygen atoms in total. The van der Waals surface area contributed by atoms with Gasteiger partial charge in [-0.15, -0.1) is 5.10 Å². The number of anilines is 1. The van der Waals surface area contributed by atoms with Crippen LogP contribution in [0, 0.1) is 11.3 Å². The van der Waals surface area contributed by atoms with Gasteiger partial charge in [-0.25, -0.2) is 4.68 Å². The van der Waals surface area contributed by atoms with E-state index in [1.54, 1.807) is 0 Å². The third-order valence-corrected chi connectivity index (χ3v) is 5.40. The topological polar surface area (TPSA) is 85.2 Å². The number of hydrogen-bond donors (Lipinski definition) is 2. The van der Waals surface area contributed by atoms with E-state index in [2.05, 4.69) is 36.5 Å². The first-order chi connectivity index (χ1) is 15.8. The maximum Gasteiger partial charge on any atom is 0.230 e. The van der Waals surface area contributed by atoms with E-state index in [0.29, 0.717) is 31.8 Å². The Labute approximate surface area is 194 Å². The van der Waals surface area contributed by atoms with Crippen LogP contribution in [-0.2, 0) is 9.59 Å². The second-order valence-corrected chi connectivity index (χ2v) is 9.57. The van der Waals surface area contributed by atoms with Gasteiger partial charge in [-0.3, -0.25) is 9.59 Å².